The molecule has 1 saturated heterocycles. The second kappa shape index (κ2) is 4.45. The third kappa shape index (κ3) is 1.78. The molecule has 2 heterocycles. The summed E-state index contributed by atoms with van der Waals surface area (Å²) in [6, 6.07) is -0.713. The topological polar surface area (TPSA) is 104 Å². The van der Waals surface area contributed by atoms with Gasteiger partial charge in [0.25, 0.3) is 5.91 Å². The zero-order chi connectivity index (χ0) is 13.4. The van der Waals surface area contributed by atoms with Gasteiger partial charge in [-0.2, -0.15) is 0 Å². The molecule has 2 unspecified atom stereocenters. The maximum Gasteiger partial charge on any atom is 0.353 e. The summed E-state index contributed by atoms with van der Waals surface area (Å²) in [5, 5.41) is 11.1. The predicted octanol–water partition coefficient (Wildman–Crippen LogP) is -1.06. The molecule has 0 aliphatic carbocycles. The van der Waals surface area contributed by atoms with E-state index in [9.17, 15) is 19.2 Å². The number of aliphatic carboxylic acids is 1. The highest BCUT2D eigenvalue weighted by atomic mass is 32.2. The van der Waals surface area contributed by atoms with Crippen molar-refractivity contribution in [1.29, 1.82) is 0 Å². The number of nitrogens with zero attached hydrogens (tertiary/aromatic N) is 1. The molecule has 0 radical (unpaired) electrons. The van der Waals surface area contributed by atoms with Gasteiger partial charge in [-0.05, 0) is 0 Å². The molecule has 0 aromatic rings. The number of carboxylic acids is 1. The van der Waals surface area contributed by atoms with Crippen LogP contribution in [0, 0.1) is 0 Å². The Balaban J connectivity index is 2.29. The van der Waals surface area contributed by atoms with Gasteiger partial charge in [-0.15, -0.1) is 11.8 Å². The van der Waals surface area contributed by atoms with Crippen LogP contribution in [0.5, 0.6) is 0 Å². The number of aldehydes is 1. The van der Waals surface area contributed by atoms with E-state index < -0.39 is 23.3 Å². The van der Waals surface area contributed by atoms with E-state index in [0.717, 1.165) is 4.90 Å². The van der Waals surface area contributed by atoms with Crippen LogP contribution in [-0.2, 0) is 19.2 Å². The van der Waals surface area contributed by atoms with Crippen LogP contribution in [0.1, 0.15) is 6.92 Å². The van der Waals surface area contributed by atoms with Gasteiger partial charge in [-0.3, -0.25) is 19.3 Å². The number of hydrogen-bond donors (Lipinski definition) is 2. The summed E-state index contributed by atoms with van der Waals surface area (Å²) in [6.07, 6.45) is 0.450. The SMILES string of the molecule is CC(=O)NC1C(=O)N2C(C(=O)O)=C(C=O)CSC12. The zero-order valence-corrected chi connectivity index (χ0v) is 10.2. The van der Waals surface area contributed by atoms with Crippen molar-refractivity contribution in [3.05, 3.63) is 11.3 Å². The first-order chi connectivity index (χ1) is 8.47. The van der Waals surface area contributed by atoms with Crippen molar-refractivity contribution in [3.8, 4) is 0 Å². The van der Waals surface area contributed by atoms with Gasteiger partial charge in [0.05, 0.1) is 0 Å². The molecule has 1 fully saturated rings. The molecule has 2 rings (SSSR count). The van der Waals surface area contributed by atoms with Crippen molar-refractivity contribution >= 4 is 35.8 Å². The molecule has 0 aromatic heterocycles. The van der Waals surface area contributed by atoms with Crippen molar-refractivity contribution in [3.63, 3.8) is 0 Å². The molecule has 0 aromatic carbocycles. The molecule has 2 atom stereocenters. The highest BCUT2D eigenvalue weighted by Crippen LogP contribution is 2.39. The zero-order valence-electron chi connectivity index (χ0n) is 9.37. The van der Waals surface area contributed by atoms with Crippen molar-refractivity contribution in [1.82, 2.24) is 10.2 Å². The number of hydrogen-bond acceptors (Lipinski definition) is 5. The Bertz CT molecular complexity index is 487. The summed E-state index contributed by atoms with van der Waals surface area (Å²) >= 11 is 1.26. The molecule has 2 N–H and O–H groups in total. The Morgan fingerprint density at radius 1 is 1.56 bits per heavy atom. The van der Waals surface area contributed by atoms with Crippen LogP contribution in [0.3, 0.4) is 0 Å². The molecule has 0 bridgehead atoms. The Hall–Kier alpha value is -1.83. The van der Waals surface area contributed by atoms with E-state index in [-0.39, 0.29) is 22.9 Å². The summed E-state index contributed by atoms with van der Waals surface area (Å²) in [7, 11) is 0. The lowest BCUT2D eigenvalue weighted by Crippen LogP contribution is -2.70. The maximum atomic E-state index is 11.8. The van der Waals surface area contributed by atoms with Gasteiger partial charge in [0.1, 0.15) is 23.4 Å². The van der Waals surface area contributed by atoms with E-state index in [2.05, 4.69) is 5.32 Å². The minimum absolute atomic E-state index is 0.0818. The van der Waals surface area contributed by atoms with E-state index in [1.807, 2.05) is 0 Å². The van der Waals surface area contributed by atoms with E-state index >= 15 is 0 Å². The largest absolute Gasteiger partial charge is 0.477 e. The standard InChI is InChI=1S/C10H10N2O5S/c1-4(14)11-6-8(15)12-7(10(16)17)5(2-13)3-18-9(6)12/h2,6,9H,3H2,1H3,(H,11,14)(H,16,17). The Morgan fingerprint density at radius 2 is 2.22 bits per heavy atom. The lowest BCUT2D eigenvalue weighted by molar-refractivity contribution is -0.150. The number of carbonyl (C=O) groups is 4. The summed E-state index contributed by atoms with van der Waals surface area (Å²) in [5.41, 5.74) is -0.196. The quantitative estimate of drug-likeness (QED) is 0.500. The number of rotatable bonds is 3. The lowest BCUT2D eigenvalue weighted by Gasteiger charge is -2.48. The van der Waals surface area contributed by atoms with Crippen molar-refractivity contribution in [2.75, 3.05) is 5.75 Å². The fourth-order valence-corrected chi connectivity index (χ4v) is 3.24. The lowest BCUT2D eigenvalue weighted by atomic mass is 10.0. The van der Waals surface area contributed by atoms with Crippen LogP contribution < -0.4 is 5.32 Å². The normalized spacial score (nSPS) is 26.3. The number of amides is 2. The number of β-lactam (4-membered cyclic amide) rings is 1. The second-order valence-corrected chi connectivity index (χ2v) is 4.99. The first-order valence-electron chi connectivity index (χ1n) is 5.10. The van der Waals surface area contributed by atoms with Gasteiger partial charge in [0.2, 0.25) is 5.91 Å². The number of thioether (sulfide) groups is 1. The molecule has 7 nitrogen and oxygen atoms in total. The van der Waals surface area contributed by atoms with Gasteiger partial charge in [0.15, 0.2) is 0 Å². The smallest absolute Gasteiger partial charge is 0.353 e. The highest BCUT2D eigenvalue weighted by molar-refractivity contribution is 8.00. The molecule has 2 amide bonds. The second-order valence-electron chi connectivity index (χ2n) is 3.88. The number of fused-ring (bicyclic) bond motifs is 1. The molecule has 2 aliphatic rings. The minimum atomic E-state index is -1.31. The molecule has 0 spiro atoms. The first kappa shape index (κ1) is 12.6. The molecular weight excluding hydrogens is 260 g/mol. The minimum Gasteiger partial charge on any atom is -0.477 e. The molecular formula is C10H10N2O5S. The molecule has 0 saturated carbocycles. The average Bonchev–Trinajstić information content (AvgIpc) is 2.33. The van der Waals surface area contributed by atoms with Crippen molar-refractivity contribution in [2.45, 2.75) is 18.3 Å². The number of carboxylic acid groups (broad SMARTS) is 1. The predicted molar refractivity (Wildman–Crippen MR) is 61.4 cm³/mol. The molecule has 2 aliphatic heterocycles. The van der Waals surface area contributed by atoms with E-state index in [1.54, 1.807) is 0 Å². The van der Waals surface area contributed by atoms with Crippen molar-refractivity contribution < 1.29 is 24.3 Å². The molecule has 8 heteroatoms. The van der Waals surface area contributed by atoms with Crippen LogP contribution in [0.15, 0.2) is 11.3 Å². The monoisotopic (exact) mass is 270 g/mol. The van der Waals surface area contributed by atoms with Crippen LogP contribution in [-0.4, -0.2) is 51.2 Å². The van der Waals surface area contributed by atoms with Crippen LogP contribution in [0.4, 0.5) is 0 Å². The summed E-state index contributed by atoms with van der Waals surface area (Å²) in [4.78, 5) is 45.6. The third-order valence-corrected chi connectivity index (χ3v) is 4.00. The Morgan fingerprint density at radius 3 is 2.72 bits per heavy atom. The van der Waals surface area contributed by atoms with Gasteiger partial charge < -0.3 is 10.4 Å². The highest BCUT2D eigenvalue weighted by Gasteiger charge is 2.53. The van der Waals surface area contributed by atoms with Crippen LogP contribution in [0.25, 0.3) is 0 Å². The summed E-state index contributed by atoms with van der Waals surface area (Å²) < 4.78 is 0. The molecule has 18 heavy (non-hydrogen) atoms. The van der Waals surface area contributed by atoms with E-state index in [4.69, 9.17) is 5.11 Å². The number of nitrogens with one attached hydrogen (secondary N) is 1. The van der Waals surface area contributed by atoms with E-state index in [0.29, 0.717) is 6.29 Å². The van der Waals surface area contributed by atoms with Crippen LogP contribution in [0.2, 0.25) is 0 Å². The van der Waals surface area contributed by atoms with Gasteiger partial charge in [-0.25, -0.2) is 4.79 Å². The van der Waals surface area contributed by atoms with Gasteiger partial charge in [-0.1, -0.05) is 0 Å². The third-order valence-electron chi connectivity index (χ3n) is 2.70. The fraction of sp³-hybridized carbons (Fsp3) is 0.400. The summed E-state index contributed by atoms with van der Waals surface area (Å²) in [6.45, 7) is 1.29. The average molecular weight is 270 g/mol. The maximum absolute atomic E-state index is 11.8. The van der Waals surface area contributed by atoms with Gasteiger partial charge in [0, 0.05) is 18.2 Å². The first-order valence-corrected chi connectivity index (χ1v) is 6.15. The molecule has 96 valence electrons. The fourth-order valence-electron chi connectivity index (χ4n) is 1.95. The summed E-state index contributed by atoms with van der Waals surface area (Å²) in [5.74, 6) is -1.94. The Kier molecular flexibility index (Phi) is 3.12. The Labute approximate surface area is 106 Å². The number of carbonyl (C=O) groups excluding carboxylic acids is 3. The van der Waals surface area contributed by atoms with Crippen molar-refractivity contribution in [2.24, 2.45) is 0 Å². The van der Waals surface area contributed by atoms with Crippen LogP contribution >= 0.6 is 11.8 Å². The van der Waals surface area contributed by atoms with Gasteiger partial charge >= 0.3 is 5.97 Å². The van der Waals surface area contributed by atoms with E-state index in [1.165, 1.54) is 18.7 Å².